The molecule has 0 heterocycles. The SMILES string of the molecule is CC(=CCCNC(C)C)c1cccc(C)c1C. The minimum atomic E-state index is 0.574. The lowest BCUT2D eigenvalue weighted by Gasteiger charge is -2.10. The summed E-state index contributed by atoms with van der Waals surface area (Å²) in [4.78, 5) is 0. The summed E-state index contributed by atoms with van der Waals surface area (Å²) in [6, 6.07) is 7.10. The number of hydrogen-bond acceptors (Lipinski definition) is 1. The normalized spacial score (nSPS) is 12.2. The van der Waals surface area contributed by atoms with Gasteiger partial charge in [0.2, 0.25) is 0 Å². The van der Waals surface area contributed by atoms with Crippen LogP contribution in [0.15, 0.2) is 24.3 Å². The molecule has 1 aromatic rings. The Morgan fingerprint density at radius 2 is 2.00 bits per heavy atom. The second-order valence-electron chi connectivity index (χ2n) is 5.03. The number of aryl methyl sites for hydroxylation is 1. The van der Waals surface area contributed by atoms with E-state index < -0.39 is 0 Å². The molecule has 1 heteroatoms. The van der Waals surface area contributed by atoms with Gasteiger partial charge < -0.3 is 5.32 Å². The lowest BCUT2D eigenvalue weighted by atomic mass is 9.97. The van der Waals surface area contributed by atoms with Crippen molar-refractivity contribution >= 4 is 5.57 Å². The van der Waals surface area contributed by atoms with E-state index in [4.69, 9.17) is 0 Å². The number of hydrogen-bond donors (Lipinski definition) is 1. The van der Waals surface area contributed by atoms with Gasteiger partial charge in [0.05, 0.1) is 0 Å². The zero-order valence-corrected chi connectivity index (χ0v) is 11.8. The molecular formula is C16H25N. The van der Waals surface area contributed by atoms with Gasteiger partial charge in [-0.1, -0.05) is 38.1 Å². The van der Waals surface area contributed by atoms with Gasteiger partial charge in [-0.25, -0.2) is 0 Å². The number of rotatable bonds is 5. The Bertz CT molecular complexity index is 389. The van der Waals surface area contributed by atoms with Crippen LogP contribution < -0.4 is 5.32 Å². The molecule has 0 saturated heterocycles. The van der Waals surface area contributed by atoms with Crippen molar-refractivity contribution in [3.8, 4) is 0 Å². The van der Waals surface area contributed by atoms with Crippen molar-refractivity contribution in [1.29, 1.82) is 0 Å². The summed E-state index contributed by atoms with van der Waals surface area (Å²) in [7, 11) is 0. The van der Waals surface area contributed by atoms with E-state index in [9.17, 15) is 0 Å². The van der Waals surface area contributed by atoms with Gasteiger partial charge in [0.25, 0.3) is 0 Å². The second kappa shape index (κ2) is 6.61. The first-order chi connectivity index (χ1) is 8.02. The third-order valence-corrected chi connectivity index (χ3v) is 3.18. The van der Waals surface area contributed by atoms with Crippen LogP contribution >= 0.6 is 0 Å². The summed E-state index contributed by atoms with van der Waals surface area (Å²) in [5, 5.41) is 3.43. The Morgan fingerprint density at radius 3 is 2.65 bits per heavy atom. The molecule has 0 radical (unpaired) electrons. The average molecular weight is 231 g/mol. The zero-order valence-electron chi connectivity index (χ0n) is 11.8. The molecule has 17 heavy (non-hydrogen) atoms. The van der Waals surface area contributed by atoms with Gasteiger partial charge in [-0.2, -0.15) is 0 Å². The molecule has 0 aliphatic rings. The van der Waals surface area contributed by atoms with E-state index in [1.165, 1.54) is 22.3 Å². The van der Waals surface area contributed by atoms with Crippen molar-refractivity contribution in [1.82, 2.24) is 5.32 Å². The summed E-state index contributed by atoms with van der Waals surface area (Å²) >= 11 is 0. The Labute approximate surface area is 106 Å². The van der Waals surface area contributed by atoms with E-state index in [0.29, 0.717) is 6.04 Å². The maximum Gasteiger partial charge on any atom is 0.00105 e. The lowest BCUT2D eigenvalue weighted by Crippen LogP contribution is -2.23. The maximum atomic E-state index is 3.43. The van der Waals surface area contributed by atoms with Crippen LogP contribution in [0, 0.1) is 13.8 Å². The summed E-state index contributed by atoms with van der Waals surface area (Å²) in [6.07, 6.45) is 3.43. The van der Waals surface area contributed by atoms with Crippen molar-refractivity contribution in [3.63, 3.8) is 0 Å². The average Bonchev–Trinajstić information content (AvgIpc) is 2.27. The summed E-state index contributed by atoms with van der Waals surface area (Å²) in [5.41, 5.74) is 5.54. The topological polar surface area (TPSA) is 12.0 Å². The summed E-state index contributed by atoms with van der Waals surface area (Å²) in [6.45, 7) is 12.0. The van der Waals surface area contributed by atoms with Crippen molar-refractivity contribution < 1.29 is 0 Å². The van der Waals surface area contributed by atoms with Gasteiger partial charge >= 0.3 is 0 Å². The highest BCUT2D eigenvalue weighted by Crippen LogP contribution is 2.21. The molecule has 1 N–H and O–H groups in total. The molecule has 0 spiro atoms. The summed E-state index contributed by atoms with van der Waals surface area (Å²) in [5.74, 6) is 0. The largest absolute Gasteiger partial charge is 0.314 e. The van der Waals surface area contributed by atoms with Gasteiger partial charge in [0, 0.05) is 6.04 Å². The van der Waals surface area contributed by atoms with E-state index in [1.807, 2.05) is 0 Å². The molecule has 1 nitrogen and oxygen atoms in total. The molecular weight excluding hydrogens is 206 g/mol. The molecule has 0 aliphatic heterocycles. The highest BCUT2D eigenvalue weighted by molar-refractivity contribution is 5.67. The number of nitrogens with one attached hydrogen (secondary N) is 1. The van der Waals surface area contributed by atoms with Gasteiger partial charge in [-0.05, 0) is 56.0 Å². The van der Waals surface area contributed by atoms with Crippen molar-refractivity contribution in [2.24, 2.45) is 0 Å². The Morgan fingerprint density at radius 1 is 1.29 bits per heavy atom. The fourth-order valence-electron chi connectivity index (χ4n) is 1.95. The maximum absolute atomic E-state index is 3.43. The van der Waals surface area contributed by atoms with E-state index in [1.54, 1.807) is 0 Å². The molecule has 1 aromatic carbocycles. The van der Waals surface area contributed by atoms with Crippen LogP contribution in [0.3, 0.4) is 0 Å². The highest BCUT2D eigenvalue weighted by atomic mass is 14.9. The van der Waals surface area contributed by atoms with Crippen molar-refractivity contribution in [2.75, 3.05) is 6.54 Å². The number of allylic oxidation sites excluding steroid dienone is 1. The molecule has 0 atom stereocenters. The Hall–Kier alpha value is -1.08. The predicted molar refractivity (Wildman–Crippen MR) is 77.3 cm³/mol. The van der Waals surface area contributed by atoms with Crippen molar-refractivity contribution in [2.45, 2.75) is 47.1 Å². The third-order valence-electron chi connectivity index (χ3n) is 3.18. The first-order valence-electron chi connectivity index (χ1n) is 6.49. The van der Waals surface area contributed by atoms with Crippen LogP contribution in [0.5, 0.6) is 0 Å². The van der Waals surface area contributed by atoms with Crippen molar-refractivity contribution in [3.05, 3.63) is 41.0 Å². The van der Waals surface area contributed by atoms with Crippen LogP contribution in [0.25, 0.3) is 5.57 Å². The van der Waals surface area contributed by atoms with Gasteiger partial charge in [0.15, 0.2) is 0 Å². The molecule has 0 aromatic heterocycles. The highest BCUT2D eigenvalue weighted by Gasteiger charge is 2.01. The molecule has 0 aliphatic carbocycles. The quantitative estimate of drug-likeness (QED) is 0.752. The summed E-state index contributed by atoms with van der Waals surface area (Å²) < 4.78 is 0. The van der Waals surface area contributed by atoms with E-state index in [-0.39, 0.29) is 0 Å². The fourth-order valence-corrected chi connectivity index (χ4v) is 1.95. The Balaban J connectivity index is 2.65. The van der Waals surface area contributed by atoms with Gasteiger partial charge in [0.1, 0.15) is 0 Å². The molecule has 0 saturated carbocycles. The molecule has 1 rings (SSSR count). The fraction of sp³-hybridized carbons (Fsp3) is 0.500. The molecule has 0 bridgehead atoms. The molecule has 0 fully saturated rings. The first kappa shape index (κ1) is 14.0. The monoisotopic (exact) mass is 231 g/mol. The lowest BCUT2D eigenvalue weighted by molar-refractivity contribution is 0.595. The van der Waals surface area contributed by atoms with E-state index in [0.717, 1.165) is 13.0 Å². The predicted octanol–water partition coefficient (Wildman–Crippen LogP) is 4.09. The second-order valence-corrected chi connectivity index (χ2v) is 5.03. The van der Waals surface area contributed by atoms with Gasteiger partial charge in [-0.15, -0.1) is 0 Å². The van der Waals surface area contributed by atoms with Crippen LogP contribution in [-0.2, 0) is 0 Å². The standard InChI is InChI=1S/C16H25N/c1-12(2)17-11-7-9-14(4)16-10-6-8-13(3)15(16)5/h6,8-10,12,17H,7,11H2,1-5H3. The zero-order chi connectivity index (χ0) is 12.8. The van der Waals surface area contributed by atoms with Crippen LogP contribution in [-0.4, -0.2) is 12.6 Å². The third kappa shape index (κ3) is 4.35. The minimum absolute atomic E-state index is 0.574. The van der Waals surface area contributed by atoms with Crippen LogP contribution in [0.4, 0.5) is 0 Å². The smallest absolute Gasteiger partial charge is 0.00105 e. The first-order valence-corrected chi connectivity index (χ1v) is 6.49. The van der Waals surface area contributed by atoms with E-state index >= 15 is 0 Å². The van der Waals surface area contributed by atoms with Gasteiger partial charge in [-0.3, -0.25) is 0 Å². The minimum Gasteiger partial charge on any atom is -0.314 e. The Kier molecular flexibility index (Phi) is 5.43. The molecule has 0 unspecified atom stereocenters. The van der Waals surface area contributed by atoms with Crippen LogP contribution in [0.2, 0.25) is 0 Å². The van der Waals surface area contributed by atoms with Crippen LogP contribution in [0.1, 0.15) is 43.9 Å². The molecule has 0 amide bonds. The number of benzene rings is 1. The van der Waals surface area contributed by atoms with E-state index in [2.05, 4.69) is 64.2 Å². The molecule has 94 valence electrons.